The molecule has 2 aromatic carbocycles. The summed E-state index contributed by atoms with van der Waals surface area (Å²) in [6, 6.07) is 12.4. The highest BCUT2D eigenvalue weighted by atomic mass is 16.7. The number of hydrogen-bond acceptors (Lipinski definition) is 7. The Morgan fingerprint density at radius 2 is 1.91 bits per heavy atom. The van der Waals surface area contributed by atoms with Crippen molar-refractivity contribution in [3.05, 3.63) is 64.7 Å². The fourth-order valence-electron chi connectivity index (χ4n) is 4.00. The molecule has 1 aliphatic heterocycles. The van der Waals surface area contributed by atoms with Crippen molar-refractivity contribution in [1.82, 2.24) is 10.4 Å². The number of nitrogen functional groups attached to an aromatic ring is 1. The SMILES string of the molecule is CCCN(OCc1ccc(N)cc1)C(=O)C1=Cc2ccc(C(=O)N[C@H]3C[C@H](O)C3)cc2N=C(N)C1. The number of aliphatic imine (C=N–C) groups is 1. The summed E-state index contributed by atoms with van der Waals surface area (Å²) in [6.07, 6.45) is 3.41. The lowest BCUT2D eigenvalue weighted by molar-refractivity contribution is -0.187. The van der Waals surface area contributed by atoms with Gasteiger partial charge in [-0.2, -0.15) is 0 Å². The van der Waals surface area contributed by atoms with Crippen LogP contribution in [0.1, 0.15) is 54.1 Å². The second kappa shape index (κ2) is 10.7. The number of aliphatic hydroxyl groups excluding tert-OH is 1. The molecule has 0 bridgehead atoms. The highest BCUT2D eigenvalue weighted by Crippen LogP contribution is 2.29. The van der Waals surface area contributed by atoms with Gasteiger partial charge in [-0.25, -0.2) is 10.1 Å². The maximum atomic E-state index is 13.4. The first kappa shape index (κ1) is 24.4. The molecular weight excluding hydrogens is 446 g/mol. The third-order valence-corrected chi connectivity index (χ3v) is 6.00. The summed E-state index contributed by atoms with van der Waals surface area (Å²) >= 11 is 0. The van der Waals surface area contributed by atoms with Crippen LogP contribution in [0, 0.1) is 0 Å². The largest absolute Gasteiger partial charge is 0.399 e. The summed E-state index contributed by atoms with van der Waals surface area (Å²) in [6.45, 7) is 2.62. The number of nitrogens with zero attached hydrogens (tertiary/aromatic N) is 2. The Morgan fingerprint density at radius 1 is 1.17 bits per heavy atom. The lowest BCUT2D eigenvalue weighted by Gasteiger charge is -2.31. The number of anilines is 1. The van der Waals surface area contributed by atoms with Crippen molar-refractivity contribution in [3.63, 3.8) is 0 Å². The van der Waals surface area contributed by atoms with Crippen LogP contribution in [0.15, 0.2) is 53.0 Å². The third-order valence-electron chi connectivity index (χ3n) is 6.00. The minimum absolute atomic E-state index is 0.0215. The number of aliphatic hydroxyl groups is 1. The van der Waals surface area contributed by atoms with Crippen LogP contribution in [0.2, 0.25) is 0 Å². The van der Waals surface area contributed by atoms with Crippen LogP contribution in [0.25, 0.3) is 6.08 Å². The van der Waals surface area contributed by atoms with Crippen LogP contribution in [0.4, 0.5) is 11.4 Å². The molecule has 0 saturated heterocycles. The number of fused-ring (bicyclic) bond motifs is 1. The Hall–Kier alpha value is -3.69. The smallest absolute Gasteiger partial charge is 0.273 e. The highest BCUT2D eigenvalue weighted by Gasteiger charge is 2.29. The third kappa shape index (κ3) is 6.06. The molecule has 1 fully saturated rings. The molecule has 2 amide bonds. The van der Waals surface area contributed by atoms with Crippen LogP contribution in [-0.2, 0) is 16.2 Å². The molecule has 0 spiro atoms. The molecule has 4 rings (SSSR count). The zero-order valence-electron chi connectivity index (χ0n) is 19.7. The second-order valence-corrected chi connectivity index (χ2v) is 8.94. The lowest BCUT2D eigenvalue weighted by atomic mass is 9.89. The maximum Gasteiger partial charge on any atom is 0.273 e. The molecule has 1 heterocycles. The number of carbonyl (C=O) groups is 2. The molecule has 35 heavy (non-hydrogen) atoms. The molecule has 0 radical (unpaired) electrons. The molecular formula is C26H31N5O4. The minimum atomic E-state index is -0.347. The Morgan fingerprint density at radius 3 is 2.60 bits per heavy atom. The molecule has 2 aliphatic rings. The molecule has 184 valence electrons. The van der Waals surface area contributed by atoms with Crippen molar-refractivity contribution in [2.24, 2.45) is 10.7 Å². The average molecular weight is 478 g/mol. The van der Waals surface area contributed by atoms with E-state index in [0.29, 0.717) is 47.5 Å². The quantitative estimate of drug-likeness (QED) is 0.340. The zero-order valence-corrected chi connectivity index (χ0v) is 19.7. The minimum Gasteiger partial charge on any atom is -0.399 e. The Bertz CT molecular complexity index is 1150. The van der Waals surface area contributed by atoms with Crippen molar-refractivity contribution < 1.29 is 19.5 Å². The fourth-order valence-corrected chi connectivity index (χ4v) is 4.00. The van der Waals surface area contributed by atoms with E-state index in [9.17, 15) is 14.7 Å². The number of nitrogens with one attached hydrogen (secondary N) is 1. The van der Waals surface area contributed by atoms with Crippen LogP contribution >= 0.6 is 0 Å². The van der Waals surface area contributed by atoms with Crippen molar-refractivity contribution in [2.45, 2.75) is 51.4 Å². The van der Waals surface area contributed by atoms with Gasteiger partial charge in [-0.05, 0) is 55.2 Å². The van der Waals surface area contributed by atoms with E-state index in [0.717, 1.165) is 12.0 Å². The van der Waals surface area contributed by atoms with Gasteiger partial charge in [-0.15, -0.1) is 0 Å². The maximum absolute atomic E-state index is 13.4. The summed E-state index contributed by atoms with van der Waals surface area (Å²) in [7, 11) is 0. The monoisotopic (exact) mass is 477 g/mol. The van der Waals surface area contributed by atoms with E-state index in [4.69, 9.17) is 16.3 Å². The van der Waals surface area contributed by atoms with E-state index in [1.807, 2.05) is 19.1 Å². The number of hydrogen-bond donors (Lipinski definition) is 4. The lowest BCUT2D eigenvalue weighted by Crippen LogP contribution is -2.46. The predicted octanol–water partition coefficient (Wildman–Crippen LogP) is 2.67. The number of amides is 2. The summed E-state index contributed by atoms with van der Waals surface area (Å²) in [5.74, 6) is -0.232. The Labute approximate surface area is 204 Å². The Kier molecular flexibility index (Phi) is 7.48. The first-order valence-electron chi connectivity index (χ1n) is 11.8. The van der Waals surface area contributed by atoms with Crippen molar-refractivity contribution in [1.29, 1.82) is 0 Å². The number of benzene rings is 2. The van der Waals surface area contributed by atoms with E-state index in [1.165, 1.54) is 5.06 Å². The first-order chi connectivity index (χ1) is 16.8. The van der Waals surface area contributed by atoms with Gasteiger partial charge in [0.1, 0.15) is 12.4 Å². The highest BCUT2D eigenvalue weighted by molar-refractivity contribution is 6.05. The summed E-state index contributed by atoms with van der Waals surface area (Å²) < 4.78 is 0. The zero-order chi connectivity index (χ0) is 24.9. The van der Waals surface area contributed by atoms with Gasteiger partial charge in [-0.1, -0.05) is 25.1 Å². The summed E-state index contributed by atoms with van der Waals surface area (Å²) in [5.41, 5.74) is 15.6. The van der Waals surface area contributed by atoms with Gasteiger partial charge in [0, 0.05) is 41.4 Å². The Balaban J connectivity index is 1.50. The number of carbonyl (C=O) groups excluding carboxylic acids is 2. The van der Waals surface area contributed by atoms with E-state index in [2.05, 4.69) is 10.3 Å². The van der Waals surface area contributed by atoms with Gasteiger partial charge in [0.25, 0.3) is 11.8 Å². The topological polar surface area (TPSA) is 143 Å². The molecule has 2 aromatic rings. The van der Waals surface area contributed by atoms with Gasteiger partial charge in [0.15, 0.2) is 0 Å². The van der Waals surface area contributed by atoms with Gasteiger partial charge in [0.05, 0.1) is 11.8 Å². The molecule has 9 heteroatoms. The normalized spacial score (nSPS) is 18.9. The standard InChI is InChI=1S/C26H31N5O4/c1-2-9-31(35-15-16-3-7-20(27)8-4-16)26(34)19-10-17-5-6-18(11-23(17)30-24(28)12-19)25(33)29-21-13-22(32)14-21/h3-8,10-11,21-22,32H,2,9,12-15,27H2,1H3,(H2,28,30)(H,29,33)/t21-,22-. The number of hydroxylamine groups is 2. The molecule has 0 unspecified atom stereocenters. The first-order valence-corrected chi connectivity index (χ1v) is 11.8. The van der Waals surface area contributed by atoms with Gasteiger partial charge in [0.2, 0.25) is 0 Å². The molecule has 1 saturated carbocycles. The van der Waals surface area contributed by atoms with Crippen molar-refractivity contribution >= 4 is 35.1 Å². The van der Waals surface area contributed by atoms with E-state index in [1.54, 1.807) is 36.4 Å². The van der Waals surface area contributed by atoms with E-state index >= 15 is 0 Å². The number of amidine groups is 1. The molecule has 1 aliphatic carbocycles. The average Bonchev–Trinajstić information content (AvgIpc) is 2.98. The van der Waals surface area contributed by atoms with Crippen LogP contribution in [0.3, 0.4) is 0 Å². The van der Waals surface area contributed by atoms with E-state index in [-0.39, 0.29) is 42.8 Å². The molecule has 0 aromatic heterocycles. The van der Waals surface area contributed by atoms with Crippen LogP contribution < -0.4 is 16.8 Å². The second-order valence-electron chi connectivity index (χ2n) is 8.94. The molecule has 6 N–H and O–H groups in total. The van der Waals surface area contributed by atoms with Crippen molar-refractivity contribution in [3.8, 4) is 0 Å². The molecule has 0 atom stereocenters. The molecule has 9 nitrogen and oxygen atoms in total. The predicted molar refractivity (Wildman–Crippen MR) is 134 cm³/mol. The van der Waals surface area contributed by atoms with Gasteiger partial charge in [-0.3, -0.25) is 14.4 Å². The number of nitrogens with two attached hydrogens (primary N) is 2. The van der Waals surface area contributed by atoms with Gasteiger partial charge < -0.3 is 21.9 Å². The fraction of sp³-hybridized carbons (Fsp3) is 0.346. The van der Waals surface area contributed by atoms with Crippen LogP contribution in [0.5, 0.6) is 0 Å². The van der Waals surface area contributed by atoms with Crippen molar-refractivity contribution in [2.75, 3.05) is 12.3 Å². The summed E-state index contributed by atoms with van der Waals surface area (Å²) in [4.78, 5) is 36.2. The summed E-state index contributed by atoms with van der Waals surface area (Å²) in [5, 5.41) is 13.7. The van der Waals surface area contributed by atoms with Crippen LogP contribution in [-0.4, -0.2) is 46.5 Å². The van der Waals surface area contributed by atoms with Gasteiger partial charge >= 0.3 is 0 Å². The number of rotatable bonds is 8. The van der Waals surface area contributed by atoms with E-state index < -0.39 is 0 Å².